The molecule has 1 amide bonds. The minimum atomic E-state index is -5.08. The Kier molecular flexibility index (Phi) is 5.36. The number of rotatable bonds is 3. The van der Waals surface area contributed by atoms with Crippen molar-refractivity contribution in [3.63, 3.8) is 0 Å². The monoisotopic (exact) mass is 412 g/mol. The first-order chi connectivity index (χ1) is 12.3. The molecule has 27 heavy (non-hydrogen) atoms. The highest BCUT2D eigenvalue weighted by Crippen LogP contribution is 2.37. The van der Waals surface area contributed by atoms with E-state index in [1.165, 1.54) is 0 Å². The Morgan fingerprint density at radius 3 is 1.93 bits per heavy atom. The summed E-state index contributed by atoms with van der Waals surface area (Å²) in [4.78, 5) is 22.0. The highest BCUT2D eigenvalue weighted by Gasteiger charge is 2.37. The maximum Gasteiger partial charge on any atom is 0.416 e. The van der Waals surface area contributed by atoms with Gasteiger partial charge in [-0.05, 0) is 30.3 Å². The van der Waals surface area contributed by atoms with E-state index in [0.717, 1.165) is 18.2 Å². The second-order valence-corrected chi connectivity index (χ2v) is 5.58. The second-order valence-electron chi connectivity index (χ2n) is 5.17. The summed E-state index contributed by atoms with van der Waals surface area (Å²) in [7, 11) is 0. The minimum absolute atomic E-state index is 0.0945. The lowest BCUT2D eigenvalue weighted by molar-refractivity contribution is -0.384. The van der Waals surface area contributed by atoms with Gasteiger partial charge in [0.25, 0.3) is 11.6 Å². The molecule has 144 valence electrons. The number of anilines is 1. The van der Waals surface area contributed by atoms with E-state index >= 15 is 0 Å². The van der Waals surface area contributed by atoms with Gasteiger partial charge in [-0.3, -0.25) is 14.9 Å². The fourth-order valence-corrected chi connectivity index (χ4v) is 2.21. The lowest BCUT2D eigenvalue weighted by atomic mass is 10.1. The number of alkyl halides is 6. The van der Waals surface area contributed by atoms with Crippen LogP contribution in [0, 0.1) is 10.1 Å². The smallest absolute Gasteiger partial charge is 0.322 e. The molecule has 0 radical (unpaired) electrons. The number of amides is 1. The molecule has 2 aromatic carbocycles. The van der Waals surface area contributed by atoms with Gasteiger partial charge < -0.3 is 5.32 Å². The van der Waals surface area contributed by atoms with Gasteiger partial charge in [0.15, 0.2) is 0 Å². The number of nitro groups is 1. The Morgan fingerprint density at radius 2 is 1.48 bits per heavy atom. The highest BCUT2D eigenvalue weighted by atomic mass is 35.5. The predicted molar refractivity (Wildman–Crippen MR) is 82.5 cm³/mol. The summed E-state index contributed by atoms with van der Waals surface area (Å²) in [6.07, 6.45) is -10.2. The van der Waals surface area contributed by atoms with E-state index in [1.807, 2.05) is 5.32 Å². The van der Waals surface area contributed by atoms with Gasteiger partial charge >= 0.3 is 12.4 Å². The standard InChI is InChI=1S/C15H7ClF6N2O3/c16-11-2-1-7(3-12(11)24(26)27)13(25)23-10-5-8(14(17,18)19)4-9(6-10)15(20,21)22/h1-6H,(H,23,25). The number of hydrogen-bond donors (Lipinski definition) is 1. The quantitative estimate of drug-likeness (QED) is 0.409. The first kappa shape index (κ1) is 20.5. The van der Waals surface area contributed by atoms with E-state index in [-0.39, 0.29) is 16.7 Å². The van der Waals surface area contributed by atoms with E-state index in [2.05, 4.69) is 0 Å². The van der Waals surface area contributed by atoms with Gasteiger partial charge in [0.05, 0.1) is 16.1 Å². The summed E-state index contributed by atoms with van der Waals surface area (Å²) < 4.78 is 76.9. The average molecular weight is 413 g/mol. The number of nitro benzene ring substituents is 1. The number of benzene rings is 2. The van der Waals surface area contributed by atoms with Gasteiger partial charge in [-0.15, -0.1) is 0 Å². The lowest BCUT2D eigenvalue weighted by Gasteiger charge is -2.14. The molecule has 0 spiro atoms. The molecule has 2 rings (SSSR count). The Hall–Kier alpha value is -2.82. The topological polar surface area (TPSA) is 72.2 Å². The lowest BCUT2D eigenvalue weighted by Crippen LogP contribution is -2.16. The van der Waals surface area contributed by atoms with E-state index < -0.39 is 45.7 Å². The molecule has 0 saturated carbocycles. The third-order valence-electron chi connectivity index (χ3n) is 3.25. The van der Waals surface area contributed by atoms with Crippen molar-refractivity contribution >= 4 is 28.9 Å². The molecular formula is C15H7ClF6N2O3. The molecule has 0 fully saturated rings. The van der Waals surface area contributed by atoms with Gasteiger partial charge in [0.1, 0.15) is 5.02 Å². The van der Waals surface area contributed by atoms with E-state index in [0.29, 0.717) is 12.1 Å². The van der Waals surface area contributed by atoms with Gasteiger partial charge in [-0.2, -0.15) is 26.3 Å². The van der Waals surface area contributed by atoms with Gasteiger partial charge in [-0.1, -0.05) is 11.6 Å². The molecule has 2 aromatic rings. The van der Waals surface area contributed by atoms with Crippen molar-refractivity contribution < 1.29 is 36.1 Å². The zero-order valence-corrected chi connectivity index (χ0v) is 13.5. The normalized spacial score (nSPS) is 12.0. The Morgan fingerprint density at radius 1 is 0.963 bits per heavy atom. The van der Waals surface area contributed by atoms with Crippen molar-refractivity contribution in [1.82, 2.24) is 0 Å². The SMILES string of the molecule is O=C(Nc1cc(C(F)(F)F)cc(C(F)(F)F)c1)c1ccc(Cl)c([N+](=O)[O-])c1. The first-order valence-electron chi connectivity index (χ1n) is 6.84. The fraction of sp³-hybridized carbons (Fsp3) is 0.133. The summed E-state index contributed by atoms with van der Waals surface area (Å²) in [6, 6.07) is 3.32. The van der Waals surface area contributed by atoms with Crippen LogP contribution in [0.1, 0.15) is 21.5 Å². The summed E-state index contributed by atoms with van der Waals surface area (Å²) in [5, 5.41) is 12.4. The van der Waals surface area contributed by atoms with Crippen LogP contribution in [0.4, 0.5) is 37.7 Å². The number of nitrogens with one attached hydrogen (secondary N) is 1. The molecule has 0 unspecified atom stereocenters. The summed E-state index contributed by atoms with van der Waals surface area (Å²) >= 11 is 5.57. The van der Waals surface area contributed by atoms with Gasteiger partial charge in [0.2, 0.25) is 0 Å². The Balaban J connectivity index is 2.43. The molecule has 1 N–H and O–H groups in total. The van der Waals surface area contributed by atoms with Crippen LogP contribution in [0.2, 0.25) is 5.02 Å². The van der Waals surface area contributed by atoms with Crippen molar-refractivity contribution in [1.29, 1.82) is 0 Å². The van der Waals surface area contributed by atoms with Crippen LogP contribution in [0.15, 0.2) is 36.4 Å². The number of halogens is 7. The molecule has 12 heteroatoms. The number of carbonyl (C=O) groups is 1. The van der Waals surface area contributed by atoms with Crippen LogP contribution < -0.4 is 5.32 Å². The number of hydrogen-bond acceptors (Lipinski definition) is 3. The Bertz CT molecular complexity index is 879. The molecule has 5 nitrogen and oxygen atoms in total. The van der Waals surface area contributed by atoms with E-state index in [1.54, 1.807) is 0 Å². The van der Waals surface area contributed by atoms with Crippen LogP contribution in [0.3, 0.4) is 0 Å². The summed E-state index contributed by atoms with van der Waals surface area (Å²) in [5.74, 6) is -1.15. The molecule has 0 atom stereocenters. The van der Waals surface area contributed by atoms with E-state index in [9.17, 15) is 41.3 Å². The van der Waals surface area contributed by atoms with Crippen molar-refractivity contribution in [2.75, 3.05) is 5.32 Å². The third kappa shape index (κ3) is 4.88. The molecular weight excluding hydrogens is 406 g/mol. The summed E-state index contributed by atoms with van der Waals surface area (Å²) in [5.41, 5.74) is -5.04. The molecule has 0 heterocycles. The minimum Gasteiger partial charge on any atom is -0.322 e. The molecule has 0 aliphatic heterocycles. The number of carbonyl (C=O) groups excluding carboxylic acids is 1. The van der Waals surface area contributed by atoms with Crippen molar-refractivity contribution in [2.24, 2.45) is 0 Å². The molecule has 0 aliphatic rings. The van der Waals surface area contributed by atoms with E-state index in [4.69, 9.17) is 11.6 Å². The number of nitrogens with zero attached hydrogens (tertiary/aromatic N) is 1. The van der Waals surface area contributed by atoms with Crippen LogP contribution in [-0.2, 0) is 12.4 Å². The molecule has 0 aliphatic carbocycles. The fourth-order valence-electron chi connectivity index (χ4n) is 2.02. The van der Waals surface area contributed by atoms with Gasteiger partial charge in [0, 0.05) is 17.3 Å². The zero-order valence-electron chi connectivity index (χ0n) is 12.8. The van der Waals surface area contributed by atoms with Crippen molar-refractivity contribution in [3.05, 3.63) is 68.2 Å². The molecule has 0 bridgehead atoms. The van der Waals surface area contributed by atoms with Crippen LogP contribution >= 0.6 is 11.6 Å². The highest BCUT2D eigenvalue weighted by molar-refractivity contribution is 6.32. The van der Waals surface area contributed by atoms with Crippen LogP contribution in [-0.4, -0.2) is 10.8 Å². The second kappa shape index (κ2) is 7.06. The third-order valence-corrected chi connectivity index (χ3v) is 3.57. The molecule has 0 aromatic heterocycles. The predicted octanol–water partition coefficient (Wildman–Crippen LogP) is 5.54. The maximum atomic E-state index is 12.8. The summed E-state index contributed by atoms with van der Waals surface area (Å²) in [6.45, 7) is 0. The van der Waals surface area contributed by atoms with Crippen LogP contribution in [0.25, 0.3) is 0 Å². The zero-order chi connectivity index (χ0) is 20.6. The largest absolute Gasteiger partial charge is 0.416 e. The van der Waals surface area contributed by atoms with Gasteiger partial charge in [-0.25, -0.2) is 0 Å². The Labute approximate surface area is 151 Å². The van der Waals surface area contributed by atoms with Crippen LogP contribution in [0.5, 0.6) is 0 Å². The van der Waals surface area contributed by atoms with Crippen molar-refractivity contribution in [3.8, 4) is 0 Å². The molecule has 0 saturated heterocycles. The maximum absolute atomic E-state index is 12.8. The average Bonchev–Trinajstić information content (AvgIpc) is 2.53. The first-order valence-corrected chi connectivity index (χ1v) is 7.21. The van der Waals surface area contributed by atoms with Crippen molar-refractivity contribution in [2.45, 2.75) is 12.4 Å².